The summed E-state index contributed by atoms with van der Waals surface area (Å²) in [4.78, 5) is 61.8. The molecule has 3 heterocycles. The summed E-state index contributed by atoms with van der Waals surface area (Å²) < 4.78 is 13.0. The summed E-state index contributed by atoms with van der Waals surface area (Å²) in [5.41, 5.74) is -0.181. The number of benzene rings is 2. The number of carbonyl (C=O) groups excluding carboxylic acids is 4. The van der Waals surface area contributed by atoms with E-state index in [1.165, 1.54) is 9.80 Å². The van der Waals surface area contributed by atoms with Crippen LogP contribution < -0.4 is 4.90 Å². The number of ether oxygens (including phenoxy) is 2. The van der Waals surface area contributed by atoms with Crippen molar-refractivity contribution in [3.63, 3.8) is 0 Å². The van der Waals surface area contributed by atoms with Crippen molar-refractivity contribution in [2.24, 2.45) is 17.8 Å². The van der Waals surface area contributed by atoms with Gasteiger partial charge in [0.1, 0.15) is 17.7 Å². The van der Waals surface area contributed by atoms with Crippen LogP contribution in [0.4, 0.5) is 5.69 Å². The van der Waals surface area contributed by atoms with Crippen molar-refractivity contribution < 1.29 is 33.8 Å². The van der Waals surface area contributed by atoms with Gasteiger partial charge < -0.3 is 29.3 Å². The highest BCUT2D eigenvalue weighted by atomic mass is 35.5. The number of esters is 1. The quantitative estimate of drug-likeness (QED) is 0.174. The molecule has 3 amide bonds. The monoisotopic (exact) mass is 719 g/mol. The Kier molecular flexibility index (Phi) is 12.1. The molecule has 10 nitrogen and oxygen atoms in total. The van der Waals surface area contributed by atoms with Gasteiger partial charge in [-0.2, -0.15) is 0 Å². The van der Waals surface area contributed by atoms with Crippen LogP contribution in [0.25, 0.3) is 0 Å². The van der Waals surface area contributed by atoms with Gasteiger partial charge in [-0.1, -0.05) is 80.1 Å². The molecule has 8 atom stereocenters. The molecule has 51 heavy (non-hydrogen) atoms. The number of halogens is 1. The fourth-order valence-electron chi connectivity index (χ4n) is 8.23. The molecule has 2 aromatic carbocycles. The summed E-state index contributed by atoms with van der Waals surface area (Å²) in [5.74, 6) is -3.52. The van der Waals surface area contributed by atoms with Crippen LogP contribution in [-0.2, 0) is 28.7 Å². The van der Waals surface area contributed by atoms with Crippen molar-refractivity contribution in [3.8, 4) is 0 Å². The Balaban J connectivity index is 1.54. The van der Waals surface area contributed by atoms with Crippen LogP contribution in [0.5, 0.6) is 0 Å². The number of para-hydroxylation sites is 1. The van der Waals surface area contributed by atoms with Crippen LogP contribution in [0.15, 0.2) is 79.9 Å². The van der Waals surface area contributed by atoms with E-state index in [1.54, 1.807) is 48.4 Å². The first-order valence-corrected chi connectivity index (χ1v) is 18.2. The maximum atomic E-state index is 14.9. The number of likely N-dealkylation sites (N-methyl/N-ethyl adjacent to an activating group) is 1. The largest absolute Gasteiger partial charge is 0.455 e. The molecule has 0 aromatic heterocycles. The standard InChI is InChI=1S/C40H50ClN3O7/c1-7-9-19-32(46)42(6)26(5)35(27-15-11-10-12-16-27)50-39(49)33-31-20-21-40(51-31)34(33)37(47)44(28(24-45)23-25(3)4)36(40)38(48)43(22-8-2)30-18-14-13-17-29(30)41/h7-8,10-18,25-26,28,31,33-36,45H,1-2,9,19-24H2,3-6H3/t26-,28+,31-,33+,34+,35+,36-,40+/m0/s1. The lowest BCUT2D eigenvalue weighted by atomic mass is 9.70. The minimum atomic E-state index is -1.33. The highest BCUT2D eigenvalue weighted by Gasteiger charge is 2.76. The number of hydrogen-bond acceptors (Lipinski definition) is 7. The third kappa shape index (κ3) is 7.23. The number of aliphatic hydroxyl groups is 1. The zero-order valence-electron chi connectivity index (χ0n) is 29.9. The molecule has 5 rings (SSSR count). The van der Waals surface area contributed by atoms with Crippen molar-refractivity contribution in [3.05, 3.63) is 90.5 Å². The molecule has 3 fully saturated rings. The molecule has 0 unspecified atom stereocenters. The SMILES string of the molecule is C=CCCC(=O)N(C)[C@@H](C)[C@@H](OC(=O)[C@@H]1[C@@H]2CC[C@]3(O2)[C@H](C(=O)N(CC=C)c2ccccc2Cl)N([C@@H](CO)CC(C)C)C(=O)[C@@H]13)c1ccccc1. The third-order valence-corrected chi connectivity index (χ3v) is 11.0. The second-order valence-corrected chi connectivity index (χ2v) is 14.7. The Hall–Kier alpha value is -3.99. The number of aliphatic hydroxyl groups excluding tert-OH is 1. The van der Waals surface area contributed by atoms with E-state index in [0.29, 0.717) is 42.0 Å². The Labute approximate surface area is 306 Å². The van der Waals surface area contributed by atoms with E-state index in [0.717, 1.165) is 0 Å². The van der Waals surface area contributed by atoms with Gasteiger partial charge in [0.15, 0.2) is 0 Å². The van der Waals surface area contributed by atoms with Crippen LogP contribution in [0.2, 0.25) is 5.02 Å². The van der Waals surface area contributed by atoms with Crippen LogP contribution >= 0.6 is 11.6 Å². The van der Waals surface area contributed by atoms with E-state index in [2.05, 4.69) is 13.2 Å². The minimum Gasteiger partial charge on any atom is -0.455 e. The first kappa shape index (κ1) is 38.2. The summed E-state index contributed by atoms with van der Waals surface area (Å²) in [6.07, 6.45) is 3.79. The average Bonchev–Trinajstić information content (AvgIpc) is 3.77. The number of likely N-dealkylation sites (tertiary alicyclic amines) is 1. The summed E-state index contributed by atoms with van der Waals surface area (Å²) in [5, 5.41) is 11.0. The van der Waals surface area contributed by atoms with Gasteiger partial charge >= 0.3 is 5.97 Å². The Morgan fingerprint density at radius 3 is 2.41 bits per heavy atom. The van der Waals surface area contributed by atoms with E-state index in [9.17, 15) is 24.3 Å². The summed E-state index contributed by atoms with van der Waals surface area (Å²) in [6.45, 7) is 13.1. The van der Waals surface area contributed by atoms with Crippen LogP contribution in [0.3, 0.4) is 0 Å². The Morgan fingerprint density at radius 2 is 1.78 bits per heavy atom. The molecule has 2 bridgehead atoms. The van der Waals surface area contributed by atoms with Gasteiger partial charge in [0.05, 0.1) is 47.3 Å². The highest BCUT2D eigenvalue weighted by molar-refractivity contribution is 6.34. The summed E-state index contributed by atoms with van der Waals surface area (Å²) >= 11 is 6.60. The molecule has 0 aliphatic carbocycles. The lowest BCUT2D eigenvalue weighted by Crippen LogP contribution is -2.59. The molecule has 3 aliphatic heterocycles. The van der Waals surface area contributed by atoms with Gasteiger partial charge in [0, 0.05) is 20.0 Å². The highest BCUT2D eigenvalue weighted by Crippen LogP contribution is 2.59. The first-order chi connectivity index (χ1) is 24.4. The van der Waals surface area contributed by atoms with E-state index in [4.69, 9.17) is 21.1 Å². The van der Waals surface area contributed by atoms with E-state index < -0.39 is 65.6 Å². The van der Waals surface area contributed by atoms with Gasteiger partial charge in [-0.05, 0) is 56.2 Å². The van der Waals surface area contributed by atoms with Crippen molar-refractivity contribution >= 4 is 41.0 Å². The second kappa shape index (κ2) is 16.1. The van der Waals surface area contributed by atoms with Crippen LogP contribution in [0.1, 0.15) is 64.5 Å². The molecule has 3 saturated heterocycles. The molecule has 1 N–H and O–H groups in total. The van der Waals surface area contributed by atoms with Crippen LogP contribution in [0, 0.1) is 17.8 Å². The normalized spacial score (nSPS) is 25.2. The maximum Gasteiger partial charge on any atom is 0.313 e. The van der Waals surface area contributed by atoms with Gasteiger partial charge in [-0.15, -0.1) is 13.2 Å². The molecule has 3 aliphatic rings. The number of carbonyl (C=O) groups is 4. The molecule has 274 valence electrons. The predicted molar refractivity (Wildman–Crippen MR) is 196 cm³/mol. The number of allylic oxidation sites excluding steroid dienone is 1. The zero-order valence-corrected chi connectivity index (χ0v) is 30.7. The third-order valence-electron chi connectivity index (χ3n) is 10.7. The molecular formula is C40H50ClN3O7. The number of rotatable bonds is 16. The summed E-state index contributed by atoms with van der Waals surface area (Å²) in [7, 11) is 1.68. The van der Waals surface area contributed by atoms with E-state index >= 15 is 0 Å². The van der Waals surface area contributed by atoms with Gasteiger partial charge in [0.2, 0.25) is 11.8 Å². The second-order valence-electron chi connectivity index (χ2n) is 14.3. The fourth-order valence-corrected chi connectivity index (χ4v) is 8.47. The number of nitrogens with zero attached hydrogens (tertiary/aromatic N) is 3. The smallest absolute Gasteiger partial charge is 0.313 e. The van der Waals surface area contributed by atoms with E-state index in [1.807, 2.05) is 51.1 Å². The lowest BCUT2D eigenvalue weighted by molar-refractivity contribution is -0.165. The number of amides is 3. The average molecular weight is 720 g/mol. The van der Waals surface area contributed by atoms with Crippen LogP contribution in [-0.4, -0.2) is 88.6 Å². The van der Waals surface area contributed by atoms with Crippen molar-refractivity contribution in [2.75, 3.05) is 25.1 Å². The molecule has 1 spiro atoms. The number of fused-ring (bicyclic) bond motifs is 1. The zero-order chi connectivity index (χ0) is 37.0. The topological polar surface area (TPSA) is 117 Å². The Bertz CT molecular complexity index is 1620. The first-order valence-electron chi connectivity index (χ1n) is 17.8. The van der Waals surface area contributed by atoms with Gasteiger partial charge in [-0.3, -0.25) is 19.2 Å². The van der Waals surface area contributed by atoms with Crippen molar-refractivity contribution in [2.45, 2.75) is 88.8 Å². The van der Waals surface area contributed by atoms with E-state index in [-0.39, 0.29) is 31.4 Å². The van der Waals surface area contributed by atoms with Crippen molar-refractivity contribution in [1.82, 2.24) is 9.80 Å². The molecule has 0 saturated carbocycles. The summed E-state index contributed by atoms with van der Waals surface area (Å²) in [6, 6.07) is 13.8. The minimum absolute atomic E-state index is 0.0915. The van der Waals surface area contributed by atoms with Crippen molar-refractivity contribution in [1.29, 1.82) is 0 Å². The molecule has 11 heteroatoms. The van der Waals surface area contributed by atoms with Gasteiger partial charge in [0.25, 0.3) is 5.91 Å². The maximum absolute atomic E-state index is 14.9. The van der Waals surface area contributed by atoms with Gasteiger partial charge in [-0.25, -0.2) is 0 Å². The number of anilines is 1. The predicted octanol–water partition coefficient (Wildman–Crippen LogP) is 5.74. The Morgan fingerprint density at radius 1 is 1.10 bits per heavy atom. The molecule has 0 radical (unpaired) electrons. The molecule has 2 aromatic rings. The fraction of sp³-hybridized carbons (Fsp3) is 0.500. The molecular weight excluding hydrogens is 670 g/mol. The number of hydrogen-bond donors (Lipinski definition) is 1. The lowest BCUT2D eigenvalue weighted by Gasteiger charge is -2.39.